The lowest BCUT2D eigenvalue weighted by Gasteiger charge is -2.58. The van der Waals surface area contributed by atoms with Crippen molar-refractivity contribution in [3.63, 3.8) is 0 Å². The highest BCUT2D eigenvalue weighted by atomic mass is 16.4. The van der Waals surface area contributed by atoms with E-state index in [1.807, 2.05) is 5.57 Å². The standard InChI is InChI=1S/C38H64O2/c1-28(2)15-14-16-29(3)33-21-22-34-32-20-19-31-27-30(17-12-10-8-6-7-9-11-13-18-36(39)40)23-25-37(31,4)35(32)24-26-38(33,34)5/h13,18-19,28-30,32-35H,6-12,14-17,20-27H2,1-5H3,(H,39,40)/t29-,30?,32?,33-,34?,35?,37+,38-/m1/s1. The van der Waals surface area contributed by atoms with Gasteiger partial charge in [-0.15, -0.1) is 0 Å². The quantitative estimate of drug-likeness (QED) is 0.125. The van der Waals surface area contributed by atoms with Crippen LogP contribution in [-0.4, -0.2) is 11.1 Å². The maximum Gasteiger partial charge on any atom is 0.327 e. The molecule has 3 saturated carbocycles. The molecule has 0 bridgehead atoms. The predicted molar refractivity (Wildman–Crippen MR) is 170 cm³/mol. The van der Waals surface area contributed by atoms with Crippen LogP contribution in [0.2, 0.25) is 0 Å². The predicted octanol–water partition coefficient (Wildman–Crippen LogP) is 11.4. The Morgan fingerprint density at radius 3 is 2.42 bits per heavy atom. The van der Waals surface area contributed by atoms with Crippen molar-refractivity contribution in [2.24, 2.45) is 52.3 Å². The molecular weight excluding hydrogens is 488 g/mol. The number of hydrogen-bond acceptors (Lipinski definition) is 1. The Labute approximate surface area is 248 Å². The maximum absolute atomic E-state index is 10.5. The summed E-state index contributed by atoms with van der Waals surface area (Å²) in [6.07, 6.45) is 32.0. The van der Waals surface area contributed by atoms with Gasteiger partial charge in [-0.2, -0.15) is 0 Å². The lowest BCUT2D eigenvalue weighted by Crippen LogP contribution is -2.50. The van der Waals surface area contributed by atoms with Crippen LogP contribution in [0.25, 0.3) is 0 Å². The van der Waals surface area contributed by atoms with Crippen molar-refractivity contribution in [3.8, 4) is 0 Å². The fourth-order valence-corrected chi connectivity index (χ4v) is 10.6. The van der Waals surface area contributed by atoms with E-state index in [1.165, 1.54) is 115 Å². The molecule has 0 radical (unpaired) electrons. The summed E-state index contributed by atoms with van der Waals surface area (Å²) < 4.78 is 0. The summed E-state index contributed by atoms with van der Waals surface area (Å²) in [5.74, 6) is 5.71. The van der Waals surface area contributed by atoms with Gasteiger partial charge in [-0.3, -0.25) is 0 Å². The number of aliphatic carboxylic acids is 1. The van der Waals surface area contributed by atoms with Crippen LogP contribution in [0, 0.1) is 52.3 Å². The molecule has 3 fully saturated rings. The molecule has 0 saturated heterocycles. The molecule has 2 nitrogen and oxygen atoms in total. The summed E-state index contributed by atoms with van der Waals surface area (Å²) in [5.41, 5.74) is 2.98. The Kier molecular flexibility index (Phi) is 11.5. The van der Waals surface area contributed by atoms with Gasteiger partial charge in [0, 0.05) is 6.08 Å². The normalized spacial score (nSPS) is 36.2. The van der Waals surface area contributed by atoms with E-state index in [2.05, 4.69) is 40.7 Å². The molecule has 0 aliphatic heterocycles. The van der Waals surface area contributed by atoms with Crippen molar-refractivity contribution >= 4 is 5.97 Å². The topological polar surface area (TPSA) is 37.3 Å². The minimum Gasteiger partial charge on any atom is -0.478 e. The number of carboxylic acids is 1. The molecule has 0 spiro atoms. The third-order valence-electron chi connectivity index (χ3n) is 12.9. The molecule has 0 aromatic carbocycles. The number of rotatable bonds is 15. The van der Waals surface area contributed by atoms with Gasteiger partial charge in [-0.1, -0.05) is 110 Å². The molecule has 0 amide bonds. The second-order valence-electron chi connectivity index (χ2n) is 15.8. The summed E-state index contributed by atoms with van der Waals surface area (Å²) >= 11 is 0. The van der Waals surface area contributed by atoms with Gasteiger partial charge >= 0.3 is 5.97 Å². The molecule has 0 heterocycles. The lowest BCUT2D eigenvalue weighted by molar-refractivity contribution is -0.131. The molecule has 0 aromatic heterocycles. The molecule has 1 N–H and O–H groups in total. The van der Waals surface area contributed by atoms with Crippen molar-refractivity contribution in [3.05, 3.63) is 23.8 Å². The second kappa shape index (κ2) is 14.4. The van der Waals surface area contributed by atoms with Crippen molar-refractivity contribution in [1.29, 1.82) is 0 Å². The fraction of sp³-hybridized carbons (Fsp3) is 0.868. The average Bonchev–Trinajstić information content (AvgIpc) is 3.26. The van der Waals surface area contributed by atoms with Crippen molar-refractivity contribution in [2.75, 3.05) is 0 Å². The Balaban J connectivity index is 1.22. The molecule has 4 aliphatic carbocycles. The molecule has 0 aromatic rings. The van der Waals surface area contributed by atoms with E-state index in [4.69, 9.17) is 5.11 Å². The molecule has 4 rings (SSSR count). The third-order valence-corrected chi connectivity index (χ3v) is 12.9. The summed E-state index contributed by atoms with van der Waals surface area (Å²) in [6.45, 7) is 12.8. The van der Waals surface area contributed by atoms with E-state index in [1.54, 1.807) is 6.08 Å². The van der Waals surface area contributed by atoms with Crippen LogP contribution in [0.4, 0.5) is 0 Å². The van der Waals surface area contributed by atoms with Crippen LogP contribution in [0.1, 0.15) is 157 Å². The minimum absolute atomic E-state index is 0.497. The van der Waals surface area contributed by atoms with Crippen LogP contribution >= 0.6 is 0 Å². The number of carbonyl (C=O) groups is 1. The molecule has 2 heteroatoms. The van der Waals surface area contributed by atoms with Gasteiger partial charge < -0.3 is 5.11 Å². The monoisotopic (exact) mass is 552 g/mol. The van der Waals surface area contributed by atoms with E-state index in [0.717, 1.165) is 54.3 Å². The molecule has 4 aliphatic rings. The van der Waals surface area contributed by atoms with Crippen LogP contribution in [0.5, 0.6) is 0 Å². The van der Waals surface area contributed by atoms with Crippen LogP contribution < -0.4 is 0 Å². The van der Waals surface area contributed by atoms with Crippen LogP contribution in [-0.2, 0) is 4.79 Å². The largest absolute Gasteiger partial charge is 0.478 e. The van der Waals surface area contributed by atoms with Gasteiger partial charge in [0.1, 0.15) is 0 Å². The van der Waals surface area contributed by atoms with E-state index in [9.17, 15) is 4.79 Å². The zero-order valence-corrected chi connectivity index (χ0v) is 27.1. The third kappa shape index (κ3) is 7.47. The highest BCUT2D eigenvalue weighted by Gasteiger charge is 2.59. The Morgan fingerprint density at radius 1 is 0.925 bits per heavy atom. The first-order chi connectivity index (χ1) is 19.1. The first-order valence-electron chi connectivity index (χ1n) is 17.7. The van der Waals surface area contributed by atoms with Crippen LogP contribution in [0.15, 0.2) is 23.8 Å². The molecule has 228 valence electrons. The first-order valence-corrected chi connectivity index (χ1v) is 17.7. The van der Waals surface area contributed by atoms with Gasteiger partial charge in [0.05, 0.1) is 0 Å². The Hall–Kier alpha value is -1.05. The Bertz CT molecular complexity index is 869. The zero-order valence-electron chi connectivity index (χ0n) is 27.1. The van der Waals surface area contributed by atoms with Crippen molar-refractivity contribution < 1.29 is 9.90 Å². The fourth-order valence-electron chi connectivity index (χ4n) is 10.6. The van der Waals surface area contributed by atoms with E-state index < -0.39 is 5.97 Å². The highest BCUT2D eigenvalue weighted by molar-refractivity contribution is 5.79. The zero-order chi connectivity index (χ0) is 28.8. The number of carboxylic acid groups (broad SMARTS) is 1. The number of unbranched alkanes of at least 4 members (excludes halogenated alkanes) is 6. The van der Waals surface area contributed by atoms with Crippen molar-refractivity contribution in [1.82, 2.24) is 0 Å². The Morgan fingerprint density at radius 2 is 1.68 bits per heavy atom. The van der Waals surface area contributed by atoms with Gasteiger partial charge in [0.15, 0.2) is 0 Å². The van der Waals surface area contributed by atoms with Gasteiger partial charge in [0.2, 0.25) is 0 Å². The molecule has 4 unspecified atom stereocenters. The number of allylic oxidation sites excluding steroid dienone is 3. The SMILES string of the molecule is CC(C)CCC[C@@H](C)[C@H]1CCC2C3CC=C4CC(CCCCCCCCC=CC(=O)O)CC[C@]4(C)C3CC[C@@]21C. The molecule has 8 atom stereocenters. The van der Waals surface area contributed by atoms with E-state index in [0.29, 0.717) is 10.8 Å². The summed E-state index contributed by atoms with van der Waals surface area (Å²) in [5, 5.41) is 8.66. The minimum atomic E-state index is -0.826. The van der Waals surface area contributed by atoms with E-state index >= 15 is 0 Å². The summed E-state index contributed by atoms with van der Waals surface area (Å²) in [6, 6.07) is 0. The van der Waals surface area contributed by atoms with Crippen molar-refractivity contribution in [2.45, 2.75) is 157 Å². The average molecular weight is 553 g/mol. The smallest absolute Gasteiger partial charge is 0.327 e. The van der Waals surface area contributed by atoms with Gasteiger partial charge in [0.25, 0.3) is 0 Å². The van der Waals surface area contributed by atoms with Gasteiger partial charge in [-0.25, -0.2) is 4.79 Å². The molecule has 40 heavy (non-hydrogen) atoms. The van der Waals surface area contributed by atoms with Gasteiger partial charge in [-0.05, 0) is 116 Å². The summed E-state index contributed by atoms with van der Waals surface area (Å²) in [7, 11) is 0. The first kappa shape index (κ1) is 31.9. The summed E-state index contributed by atoms with van der Waals surface area (Å²) in [4.78, 5) is 10.5. The number of fused-ring (bicyclic) bond motifs is 5. The van der Waals surface area contributed by atoms with E-state index in [-0.39, 0.29) is 0 Å². The highest BCUT2D eigenvalue weighted by Crippen LogP contribution is 2.67. The van der Waals surface area contributed by atoms with Crippen LogP contribution in [0.3, 0.4) is 0 Å². The molecular formula is C38H64O2. The lowest BCUT2D eigenvalue weighted by atomic mass is 9.46. The second-order valence-corrected chi connectivity index (χ2v) is 15.8. The number of hydrogen-bond donors (Lipinski definition) is 1. The maximum atomic E-state index is 10.5.